The molecular weight excluding hydrogens is 326 g/mol. The van der Waals surface area contributed by atoms with E-state index in [2.05, 4.69) is 17.4 Å². The first-order valence-corrected chi connectivity index (χ1v) is 9.17. The Hall–Kier alpha value is -2.82. The normalized spacial score (nSPS) is 19.2. The van der Waals surface area contributed by atoms with Crippen molar-refractivity contribution >= 4 is 11.9 Å². The monoisotopic (exact) mass is 349 g/mol. The van der Waals surface area contributed by atoms with Crippen molar-refractivity contribution in [2.75, 3.05) is 13.1 Å². The lowest BCUT2D eigenvalue weighted by Gasteiger charge is -2.34. The van der Waals surface area contributed by atoms with Crippen molar-refractivity contribution in [1.29, 1.82) is 0 Å². The molecule has 26 heavy (non-hydrogen) atoms. The van der Waals surface area contributed by atoms with Crippen molar-refractivity contribution in [2.45, 2.75) is 32.0 Å². The maximum absolute atomic E-state index is 12.6. The quantitative estimate of drug-likeness (QED) is 0.906. The van der Waals surface area contributed by atoms with Crippen LogP contribution >= 0.6 is 0 Å². The van der Waals surface area contributed by atoms with E-state index in [-0.39, 0.29) is 18.0 Å². The standard InChI is InChI=1S/C21H23N3O2/c25-20(16-7-2-1-3-8-16)23-12-6-11-19(15-23)22-21(26)24-13-17-9-4-5-10-18(17)14-24/h1-5,7-10,19H,6,11-15H2,(H,22,26)/t19-/m1/s1. The van der Waals surface area contributed by atoms with Crippen molar-refractivity contribution in [3.05, 3.63) is 71.3 Å². The predicted molar refractivity (Wildman–Crippen MR) is 99.6 cm³/mol. The first kappa shape index (κ1) is 16.6. The van der Waals surface area contributed by atoms with Crippen molar-refractivity contribution < 1.29 is 9.59 Å². The molecule has 2 aromatic carbocycles. The Bertz CT molecular complexity index is 781. The number of benzene rings is 2. The predicted octanol–water partition coefficient (Wildman–Crippen LogP) is 3.02. The van der Waals surface area contributed by atoms with Crippen LogP contribution in [0.2, 0.25) is 0 Å². The second-order valence-electron chi connectivity index (χ2n) is 7.03. The van der Waals surface area contributed by atoms with E-state index in [1.807, 2.05) is 52.3 Å². The molecule has 0 aromatic heterocycles. The van der Waals surface area contributed by atoms with Gasteiger partial charge in [-0.25, -0.2) is 4.79 Å². The Balaban J connectivity index is 1.35. The van der Waals surface area contributed by atoms with Crippen molar-refractivity contribution in [3.63, 3.8) is 0 Å². The fraction of sp³-hybridized carbons (Fsp3) is 0.333. The molecule has 5 nitrogen and oxygen atoms in total. The zero-order valence-corrected chi connectivity index (χ0v) is 14.7. The first-order chi connectivity index (χ1) is 12.7. The number of nitrogens with zero attached hydrogens (tertiary/aromatic N) is 2. The summed E-state index contributed by atoms with van der Waals surface area (Å²) in [4.78, 5) is 29.0. The van der Waals surface area contributed by atoms with Gasteiger partial charge < -0.3 is 15.1 Å². The molecule has 0 saturated carbocycles. The van der Waals surface area contributed by atoms with E-state index >= 15 is 0 Å². The van der Waals surface area contributed by atoms with Gasteiger partial charge in [-0.15, -0.1) is 0 Å². The molecule has 2 aliphatic heterocycles. The van der Waals surface area contributed by atoms with Gasteiger partial charge in [0.05, 0.1) is 0 Å². The molecule has 1 N–H and O–H groups in total. The molecule has 2 aromatic rings. The maximum Gasteiger partial charge on any atom is 0.318 e. The van der Waals surface area contributed by atoms with E-state index in [1.165, 1.54) is 11.1 Å². The van der Waals surface area contributed by atoms with E-state index in [0.29, 0.717) is 25.2 Å². The topological polar surface area (TPSA) is 52.7 Å². The van der Waals surface area contributed by atoms with Gasteiger partial charge in [0.25, 0.3) is 5.91 Å². The summed E-state index contributed by atoms with van der Waals surface area (Å²) in [5, 5.41) is 3.13. The third-order valence-electron chi connectivity index (χ3n) is 5.18. The zero-order valence-electron chi connectivity index (χ0n) is 14.7. The van der Waals surface area contributed by atoms with Gasteiger partial charge in [0.2, 0.25) is 0 Å². The lowest BCUT2D eigenvalue weighted by atomic mass is 10.0. The largest absolute Gasteiger partial charge is 0.337 e. The van der Waals surface area contributed by atoms with Gasteiger partial charge in [-0.1, -0.05) is 42.5 Å². The summed E-state index contributed by atoms with van der Waals surface area (Å²) in [7, 11) is 0. The molecule has 0 aliphatic carbocycles. The smallest absolute Gasteiger partial charge is 0.318 e. The molecule has 4 rings (SSSR count). The molecule has 1 atom stereocenters. The molecule has 5 heteroatoms. The van der Waals surface area contributed by atoms with Crippen LogP contribution in [-0.2, 0) is 13.1 Å². The van der Waals surface area contributed by atoms with E-state index < -0.39 is 0 Å². The van der Waals surface area contributed by atoms with E-state index in [4.69, 9.17) is 0 Å². The van der Waals surface area contributed by atoms with E-state index in [1.54, 1.807) is 0 Å². The minimum atomic E-state index is -0.0415. The van der Waals surface area contributed by atoms with Crippen molar-refractivity contribution in [1.82, 2.24) is 15.1 Å². The van der Waals surface area contributed by atoms with Crippen molar-refractivity contribution in [3.8, 4) is 0 Å². The number of urea groups is 1. The summed E-state index contributed by atoms with van der Waals surface area (Å²) in [6.45, 7) is 2.62. The maximum atomic E-state index is 12.6. The number of amides is 3. The van der Waals surface area contributed by atoms with Crippen LogP contribution in [0.5, 0.6) is 0 Å². The number of carbonyl (C=O) groups is 2. The Labute approximate surface area is 153 Å². The Morgan fingerprint density at radius 3 is 2.23 bits per heavy atom. The van der Waals surface area contributed by atoms with E-state index in [0.717, 1.165) is 19.4 Å². The third kappa shape index (κ3) is 3.43. The zero-order chi connectivity index (χ0) is 17.9. The number of hydrogen-bond donors (Lipinski definition) is 1. The summed E-state index contributed by atoms with van der Waals surface area (Å²) >= 11 is 0. The highest BCUT2D eigenvalue weighted by Crippen LogP contribution is 2.22. The number of carbonyl (C=O) groups excluding carboxylic acids is 2. The number of rotatable bonds is 2. The second-order valence-corrected chi connectivity index (χ2v) is 7.03. The summed E-state index contributed by atoms with van der Waals surface area (Å²) in [5.74, 6) is 0.0399. The van der Waals surface area contributed by atoms with Crippen LogP contribution < -0.4 is 5.32 Å². The number of likely N-dealkylation sites (tertiary alicyclic amines) is 1. The number of fused-ring (bicyclic) bond motifs is 1. The lowest BCUT2D eigenvalue weighted by molar-refractivity contribution is 0.0694. The fourth-order valence-corrected chi connectivity index (χ4v) is 3.79. The summed E-state index contributed by atoms with van der Waals surface area (Å²) in [6, 6.07) is 17.5. The highest BCUT2D eigenvalue weighted by atomic mass is 16.2. The Morgan fingerprint density at radius 1 is 0.885 bits per heavy atom. The number of piperidine rings is 1. The molecule has 0 bridgehead atoms. The molecular formula is C21H23N3O2. The van der Waals surface area contributed by atoms with Crippen LogP contribution in [0.25, 0.3) is 0 Å². The van der Waals surface area contributed by atoms with Gasteiger partial charge in [0.15, 0.2) is 0 Å². The highest BCUT2D eigenvalue weighted by molar-refractivity contribution is 5.94. The van der Waals surface area contributed by atoms with Gasteiger partial charge in [-0.05, 0) is 36.1 Å². The third-order valence-corrected chi connectivity index (χ3v) is 5.18. The molecule has 134 valence electrons. The van der Waals surface area contributed by atoms with Gasteiger partial charge in [0.1, 0.15) is 0 Å². The van der Waals surface area contributed by atoms with Gasteiger partial charge in [-0.2, -0.15) is 0 Å². The molecule has 1 fully saturated rings. The lowest BCUT2D eigenvalue weighted by Crippen LogP contribution is -2.52. The molecule has 0 spiro atoms. The van der Waals surface area contributed by atoms with Crippen LogP contribution in [0.1, 0.15) is 34.3 Å². The number of nitrogens with one attached hydrogen (secondary N) is 1. The van der Waals surface area contributed by atoms with Crippen LogP contribution in [0, 0.1) is 0 Å². The van der Waals surface area contributed by atoms with Crippen molar-refractivity contribution in [2.24, 2.45) is 0 Å². The van der Waals surface area contributed by atoms with Crippen LogP contribution in [-0.4, -0.2) is 40.9 Å². The highest BCUT2D eigenvalue weighted by Gasteiger charge is 2.28. The molecule has 0 radical (unpaired) electrons. The van der Waals surface area contributed by atoms with Crippen LogP contribution in [0.3, 0.4) is 0 Å². The minimum absolute atomic E-state index is 0.00706. The summed E-state index contributed by atoms with van der Waals surface area (Å²) in [5.41, 5.74) is 3.13. The SMILES string of the molecule is O=C(N[C@@H]1CCCN(C(=O)c2ccccc2)C1)N1Cc2ccccc2C1. The fourth-order valence-electron chi connectivity index (χ4n) is 3.79. The first-order valence-electron chi connectivity index (χ1n) is 9.17. The summed E-state index contributed by atoms with van der Waals surface area (Å²) < 4.78 is 0. The molecule has 3 amide bonds. The van der Waals surface area contributed by atoms with E-state index in [9.17, 15) is 9.59 Å². The molecule has 1 saturated heterocycles. The van der Waals surface area contributed by atoms with Gasteiger partial charge in [0, 0.05) is 37.8 Å². The summed E-state index contributed by atoms with van der Waals surface area (Å²) in [6.07, 6.45) is 1.81. The number of hydrogen-bond acceptors (Lipinski definition) is 2. The minimum Gasteiger partial charge on any atom is -0.337 e. The Kier molecular flexibility index (Phi) is 4.61. The average Bonchev–Trinajstić information content (AvgIpc) is 3.13. The molecule has 2 heterocycles. The van der Waals surface area contributed by atoms with Crippen LogP contribution in [0.15, 0.2) is 54.6 Å². The molecule has 0 unspecified atom stereocenters. The Morgan fingerprint density at radius 2 is 1.54 bits per heavy atom. The van der Waals surface area contributed by atoms with Gasteiger partial charge >= 0.3 is 6.03 Å². The second kappa shape index (κ2) is 7.20. The average molecular weight is 349 g/mol. The van der Waals surface area contributed by atoms with Gasteiger partial charge in [-0.3, -0.25) is 4.79 Å². The van der Waals surface area contributed by atoms with Crippen LogP contribution in [0.4, 0.5) is 4.79 Å². The molecule has 2 aliphatic rings.